The molecule has 40 heavy (non-hydrogen) atoms. The van der Waals surface area contributed by atoms with Crippen LogP contribution in [-0.2, 0) is 23.6 Å². The molecule has 2 aliphatic rings. The van der Waals surface area contributed by atoms with E-state index in [1.54, 1.807) is 18.2 Å². The Bertz CT molecular complexity index is 1150. The van der Waals surface area contributed by atoms with Crippen LogP contribution in [0.15, 0.2) is 48.5 Å². The number of carbonyl (C=O) groups is 2. The molecule has 1 saturated carbocycles. The molecule has 2 aromatic carbocycles. The van der Waals surface area contributed by atoms with Crippen molar-refractivity contribution in [3.63, 3.8) is 0 Å². The fourth-order valence-electron chi connectivity index (χ4n) is 5.92. The maximum absolute atomic E-state index is 13.5. The molecule has 0 radical (unpaired) electrons. The Balaban J connectivity index is 1.61. The third-order valence-corrected chi connectivity index (χ3v) is 7.93. The van der Waals surface area contributed by atoms with Gasteiger partial charge >= 0.3 is 18.3 Å². The lowest BCUT2D eigenvalue weighted by Gasteiger charge is -2.42. The minimum Gasteiger partial charge on any atom is -0.480 e. The Morgan fingerprint density at radius 1 is 0.900 bits per heavy atom. The first kappa shape index (κ1) is 29.9. The number of carboxylic acid groups (broad SMARTS) is 1. The molecule has 1 aliphatic heterocycles. The van der Waals surface area contributed by atoms with Gasteiger partial charge in [-0.15, -0.1) is 0 Å². The van der Waals surface area contributed by atoms with Gasteiger partial charge in [-0.1, -0.05) is 49.6 Å². The van der Waals surface area contributed by atoms with Gasteiger partial charge in [-0.25, -0.2) is 0 Å². The molecule has 1 unspecified atom stereocenters. The van der Waals surface area contributed by atoms with E-state index in [1.165, 1.54) is 4.90 Å². The van der Waals surface area contributed by atoms with Crippen molar-refractivity contribution in [2.45, 2.75) is 81.8 Å². The molecule has 3 atom stereocenters. The molecule has 0 aromatic heterocycles. The summed E-state index contributed by atoms with van der Waals surface area (Å²) in [6.45, 7) is 0.0581. The van der Waals surface area contributed by atoms with Crippen molar-refractivity contribution in [2.75, 3.05) is 6.54 Å². The average Bonchev–Trinajstić information content (AvgIpc) is 2.91. The van der Waals surface area contributed by atoms with Gasteiger partial charge in [0.1, 0.15) is 6.04 Å². The van der Waals surface area contributed by atoms with E-state index in [0.717, 1.165) is 37.7 Å². The molecule has 1 aliphatic carbocycles. The summed E-state index contributed by atoms with van der Waals surface area (Å²) in [7, 11) is 0. The van der Waals surface area contributed by atoms with Crippen LogP contribution in [0.2, 0.25) is 0 Å². The van der Waals surface area contributed by atoms with Gasteiger partial charge in [0.15, 0.2) is 0 Å². The SMILES string of the molecule is O=C(O)[C@H](N[C@H]1CCN(C(=O)c2cc(C(F)(F)F)cc(C(F)(F)F)c2)C(Cc2ccccc2)C1)C1CCCCC1. The third kappa shape index (κ3) is 7.35. The second-order valence-corrected chi connectivity index (χ2v) is 10.7. The van der Waals surface area contributed by atoms with E-state index in [9.17, 15) is 41.0 Å². The highest BCUT2D eigenvalue weighted by Gasteiger charge is 2.40. The van der Waals surface area contributed by atoms with Crippen molar-refractivity contribution in [3.8, 4) is 0 Å². The second kappa shape index (κ2) is 12.2. The normalized spacial score (nSPS) is 21.7. The summed E-state index contributed by atoms with van der Waals surface area (Å²) in [6, 6.07) is 8.38. The molecule has 1 heterocycles. The minimum absolute atomic E-state index is 0.00564. The molecule has 0 bridgehead atoms. The standard InChI is InChI=1S/C29H32F6N2O3/c30-28(31,32)21-14-20(15-22(16-21)29(33,34)35)26(38)37-12-11-23(17-24(37)13-18-7-3-1-4-8-18)36-25(27(39)40)19-9-5-2-6-10-19/h1,3-4,7-8,14-16,19,23-25,36H,2,5-6,9-13,17H2,(H,39,40)/t23-,24?,25+/m0/s1. The van der Waals surface area contributed by atoms with Crippen LogP contribution < -0.4 is 5.32 Å². The third-order valence-electron chi connectivity index (χ3n) is 7.93. The first-order valence-electron chi connectivity index (χ1n) is 13.5. The number of nitrogens with zero attached hydrogens (tertiary/aromatic N) is 1. The summed E-state index contributed by atoms with van der Waals surface area (Å²) in [5, 5.41) is 13.2. The predicted octanol–water partition coefficient (Wildman–Crippen LogP) is 6.56. The van der Waals surface area contributed by atoms with Gasteiger partial charge in [0.05, 0.1) is 11.1 Å². The quantitative estimate of drug-likeness (QED) is 0.370. The monoisotopic (exact) mass is 570 g/mol. The van der Waals surface area contributed by atoms with E-state index < -0.39 is 53.0 Å². The Morgan fingerprint density at radius 3 is 2.05 bits per heavy atom. The number of rotatable bonds is 7. The van der Waals surface area contributed by atoms with Crippen LogP contribution >= 0.6 is 0 Å². The van der Waals surface area contributed by atoms with E-state index in [4.69, 9.17) is 0 Å². The molecule has 1 amide bonds. The topological polar surface area (TPSA) is 69.6 Å². The number of hydrogen-bond donors (Lipinski definition) is 2. The maximum atomic E-state index is 13.5. The van der Waals surface area contributed by atoms with Crippen molar-refractivity contribution in [1.29, 1.82) is 0 Å². The van der Waals surface area contributed by atoms with Crippen LogP contribution in [0.4, 0.5) is 26.3 Å². The molecular formula is C29H32F6N2O3. The zero-order valence-corrected chi connectivity index (χ0v) is 21.8. The van der Waals surface area contributed by atoms with Crippen LogP contribution in [0.1, 0.15) is 72.0 Å². The zero-order valence-electron chi connectivity index (χ0n) is 21.8. The predicted molar refractivity (Wildman–Crippen MR) is 136 cm³/mol. The lowest BCUT2D eigenvalue weighted by atomic mass is 9.82. The van der Waals surface area contributed by atoms with Crippen LogP contribution in [0.3, 0.4) is 0 Å². The van der Waals surface area contributed by atoms with Gasteiger partial charge < -0.3 is 15.3 Å². The molecule has 2 aromatic rings. The van der Waals surface area contributed by atoms with Crippen molar-refractivity contribution >= 4 is 11.9 Å². The number of aliphatic carboxylic acids is 1. The van der Waals surface area contributed by atoms with Crippen molar-refractivity contribution < 1.29 is 41.0 Å². The van der Waals surface area contributed by atoms with E-state index in [-0.39, 0.29) is 24.6 Å². The smallest absolute Gasteiger partial charge is 0.416 e. The van der Waals surface area contributed by atoms with Gasteiger partial charge in [-0.05, 0) is 61.8 Å². The molecule has 1 saturated heterocycles. The Morgan fingerprint density at radius 2 is 1.50 bits per heavy atom. The van der Waals surface area contributed by atoms with Gasteiger partial charge in [-0.2, -0.15) is 26.3 Å². The van der Waals surface area contributed by atoms with Crippen molar-refractivity contribution in [2.24, 2.45) is 5.92 Å². The zero-order chi connectivity index (χ0) is 29.1. The second-order valence-electron chi connectivity index (χ2n) is 10.7. The molecule has 5 nitrogen and oxygen atoms in total. The molecule has 2 fully saturated rings. The number of benzene rings is 2. The maximum Gasteiger partial charge on any atom is 0.416 e. The lowest BCUT2D eigenvalue weighted by molar-refractivity contribution is -0.143. The Labute approximate surface area is 228 Å². The number of piperidine rings is 1. The first-order valence-corrected chi connectivity index (χ1v) is 13.5. The number of amides is 1. The van der Waals surface area contributed by atoms with Gasteiger partial charge in [0, 0.05) is 24.2 Å². The van der Waals surface area contributed by atoms with Crippen molar-refractivity contribution in [3.05, 3.63) is 70.8 Å². The molecular weight excluding hydrogens is 538 g/mol. The highest BCUT2D eigenvalue weighted by Crippen LogP contribution is 2.37. The number of halogens is 6. The number of carbonyl (C=O) groups excluding carboxylic acids is 1. The molecule has 11 heteroatoms. The van der Waals surface area contributed by atoms with E-state index >= 15 is 0 Å². The fraction of sp³-hybridized carbons (Fsp3) is 0.517. The fourth-order valence-corrected chi connectivity index (χ4v) is 5.92. The number of nitrogens with one attached hydrogen (secondary N) is 1. The summed E-state index contributed by atoms with van der Waals surface area (Å²) in [6.07, 6.45) is -4.62. The summed E-state index contributed by atoms with van der Waals surface area (Å²) in [4.78, 5) is 27.0. The number of likely N-dealkylation sites (tertiary alicyclic amines) is 1. The first-order chi connectivity index (χ1) is 18.8. The van der Waals surface area contributed by atoms with Crippen LogP contribution in [0, 0.1) is 5.92 Å². The molecule has 4 rings (SSSR count). The van der Waals surface area contributed by atoms with Crippen molar-refractivity contribution in [1.82, 2.24) is 10.2 Å². The molecule has 218 valence electrons. The lowest BCUT2D eigenvalue weighted by Crippen LogP contribution is -2.56. The van der Waals surface area contributed by atoms with Gasteiger partial charge in [0.2, 0.25) is 0 Å². The van der Waals surface area contributed by atoms with Gasteiger partial charge in [-0.3, -0.25) is 9.59 Å². The molecule has 2 N–H and O–H groups in total. The summed E-state index contributed by atoms with van der Waals surface area (Å²) in [5.41, 5.74) is -2.93. The van der Waals surface area contributed by atoms with E-state index in [1.807, 2.05) is 12.1 Å². The summed E-state index contributed by atoms with van der Waals surface area (Å²) in [5.74, 6) is -1.89. The summed E-state index contributed by atoms with van der Waals surface area (Å²) < 4.78 is 80.7. The Hall–Kier alpha value is -3.08. The van der Waals surface area contributed by atoms with E-state index in [2.05, 4.69) is 5.32 Å². The van der Waals surface area contributed by atoms with Crippen LogP contribution in [-0.4, -0.2) is 46.6 Å². The van der Waals surface area contributed by atoms with Gasteiger partial charge in [0.25, 0.3) is 5.91 Å². The van der Waals surface area contributed by atoms with E-state index in [0.29, 0.717) is 31.4 Å². The minimum atomic E-state index is -5.07. The largest absolute Gasteiger partial charge is 0.480 e. The summed E-state index contributed by atoms with van der Waals surface area (Å²) >= 11 is 0. The number of alkyl halides is 6. The number of carboxylic acids is 1. The van der Waals surface area contributed by atoms with Crippen LogP contribution in [0.5, 0.6) is 0 Å². The highest BCUT2D eigenvalue weighted by molar-refractivity contribution is 5.95. The van der Waals surface area contributed by atoms with Crippen LogP contribution in [0.25, 0.3) is 0 Å². The highest BCUT2D eigenvalue weighted by atomic mass is 19.4. The average molecular weight is 571 g/mol. The Kier molecular flexibility index (Phi) is 9.12. The molecule has 0 spiro atoms. The number of hydrogen-bond acceptors (Lipinski definition) is 3.